The van der Waals surface area contributed by atoms with Gasteiger partial charge in [-0.3, -0.25) is 14.7 Å². The monoisotopic (exact) mass is 441 g/mol. The van der Waals surface area contributed by atoms with Gasteiger partial charge in [0.15, 0.2) is 0 Å². The summed E-state index contributed by atoms with van der Waals surface area (Å²) in [7, 11) is 0. The maximum atomic E-state index is 14.7. The molecule has 164 valence electrons. The number of carbonyl (C=O) groups excluding carboxylic acids is 2. The first-order chi connectivity index (χ1) is 16.1. The molecule has 6 nitrogen and oxygen atoms in total. The molecule has 0 aliphatic carbocycles. The van der Waals surface area contributed by atoms with E-state index in [-0.39, 0.29) is 5.91 Å². The average molecular weight is 441 g/mol. The van der Waals surface area contributed by atoms with E-state index in [1.165, 1.54) is 11.0 Å². The van der Waals surface area contributed by atoms with E-state index in [4.69, 9.17) is 4.74 Å². The molecule has 1 fully saturated rings. The predicted molar refractivity (Wildman–Crippen MR) is 123 cm³/mol. The van der Waals surface area contributed by atoms with E-state index in [1.807, 2.05) is 48.5 Å². The van der Waals surface area contributed by atoms with Crippen LogP contribution in [0.15, 0.2) is 79.0 Å². The van der Waals surface area contributed by atoms with Gasteiger partial charge in [-0.2, -0.15) is 0 Å². The van der Waals surface area contributed by atoms with Gasteiger partial charge in [0.25, 0.3) is 5.91 Å². The summed E-state index contributed by atoms with van der Waals surface area (Å²) in [5.41, 5.74) is 3.85. The first-order valence-corrected chi connectivity index (χ1v) is 10.6. The number of nitrogens with one attached hydrogen (secondary N) is 1. The number of cyclic esters (lactones) is 1. The zero-order chi connectivity index (χ0) is 22.8. The molecule has 0 atom stereocenters. The van der Waals surface area contributed by atoms with E-state index < -0.39 is 11.9 Å². The molecule has 2 amide bonds. The third-order valence-corrected chi connectivity index (χ3v) is 5.64. The summed E-state index contributed by atoms with van der Waals surface area (Å²) < 4.78 is 19.7. The molecule has 1 aliphatic heterocycles. The summed E-state index contributed by atoms with van der Waals surface area (Å²) in [6.45, 7) is 1.05. The number of hydrogen-bond acceptors (Lipinski definition) is 4. The van der Waals surface area contributed by atoms with Gasteiger partial charge in [0.2, 0.25) is 0 Å². The van der Waals surface area contributed by atoms with Crippen molar-refractivity contribution in [3.63, 3.8) is 0 Å². The minimum Gasteiger partial charge on any atom is -0.447 e. The molecule has 1 aliphatic rings. The van der Waals surface area contributed by atoms with E-state index in [9.17, 15) is 14.0 Å². The van der Waals surface area contributed by atoms with Crippen LogP contribution >= 0.6 is 0 Å². The smallest absolute Gasteiger partial charge is 0.414 e. The number of rotatable bonds is 5. The Morgan fingerprint density at radius 3 is 2.64 bits per heavy atom. The van der Waals surface area contributed by atoms with Gasteiger partial charge in [-0.1, -0.05) is 42.5 Å². The van der Waals surface area contributed by atoms with Crippen molar-refractivity contribution in [2.75, 3.05) is 18.1 Å². The lowest BCUT2D eigenvalue weighted by molar-refractivity contribution is 0.0952. The summed E-state index contributed by atoms with van der Waals surface area (Å²) in [5.74, 6) is -0.599. The number of amides is 2. The first-order valence-electron chi connectivity index (χ1n) is 10.6. The number of para-hydroxylation sites is 1. The molecule has 0 bridgehead atoms. The molecule has 0 saturated carbocycles. The second-order valence-corrected chi connectivity index (χ2v) is 7.69. The molecule has 4 aromatic rings. The number of fused-ring (bicyclic) bond motifs is 1. The number of carbonyl (C=O) groups is 2. The van der Waals surface area contributed by atoms with Crippen molar-refractivity contribution in [1.82, 2.24) is 10.3 Å². The van der Waals surface area contributed by atoms with Crippen LogP contribution in [-0.4, -0.2) is 30.1 Å². The Bertz CT molecular complexity index is 1350. The van der Waals surface area contributed by atoms with Crippen molar-refractivity contribution in [3.05, 3.63) is 95.9 Å². The van der Waals surface area contributed by atoms with Crippen LogP contribution in [0.1, 0.15) is 15.9 Å². The zero-order valence-corrected chi connectivity index (χ0v) is 17.6. The molecule has 0 unspecified atom stereocenters. The zero-order valence-electron chi connectivity index (χ0n) is 17.6. The van der Waals surface area contributed by atoms with Crippen molar-refractivity contribution in [2.45, 2.75) is 6.54 Å². The fraction of sp³-hybridized carbons (Fsp3) is 0.115. The molecule has 1 saturated heterocycles. The molecule has 2 heterocycles. The van der Waals surface area contributed by atoms with E-state index in [1.54, 1.807) is 24.4 Å². The van der Waals surface area contributed by atoms with Crippen molar-refractivity contribution in [3.8, 4) is 11.1 Å². The topological polar surface area (TPSA) is 71.5 Å². The van der Waals surface area contributed by atoms with Crippen molar-refractivity contribution in [2.24, 2.45) is 0 Å². The van der Waals surface area contributed by atoms with Crippen LogP contribution in [0.4, 0.5) is 14.9 Å². The minimum absolute atomic E-state index is 0.181. The molecule has 5 rings (SSSR count). The van der Waals surface area contributed by atoms with E-state index >= 15 is 0 Å². The molecule has 33 heavy (non-hydrogen) atoms. The van der Waals surface area contributed by atoms with Crippen LogP contribution in [0.5, 0.6) is 0 Å². The lowest BCUT2D eigenvalue weighted by atomic mass is 10.0. The SMILES string of the molecule is O=C(NCc1ccc(-c2ccc(N3CCOC3=O)cc2F)cc1)c1ccnc2ccccc12. The number of benzene rings is 3. The summed E-state index contributed by atoms with van der Waals surface area (Å²) in [6.07, 6.45) is 1.16. The van der Waals surface area contributed by atoms with Crippen LogP contribution < -0.4 is 10.2 Å². The number of hydrogen-bond donors (Lipinski definition) is 1. The van der Waals surface area contributed by atoms with E-state index in [0.717, 1.165) is 16.5 Å². The van der Waals surface area contributed by atoms with Gasteiger partial charge in [-0.05, 0) is 41.5 Å². The van der Waals surface area contributed by atoms with Gasteiger partial charge in [0.1, 0.15) is 12.4 Å². The number of halogens is 1. The summed E-state index contributed by atoms with van der Waals surface area (Å²) in [6, 6.07) is 21.2. The Hall–Kier alpha value is -4.26. The van der Waals surface area contributed by atoms with Crippen molar-refractivity contribution in [1.29, 1.82) is 0 Å². The van der Waals surface area contributed by atoms with Crippen LogP contribution in [0.2, 0.25) is 0 Å². The van der Waals surface area contributed by atoms with Gasteiger partial charge in [0.05, 0.1) is 23.3 Å². The Kier molecular flexibility index (Phi) is 5.44. The summed E-state index contributed by atoms with van der Waals surface area (Å²) >= 11 is 0. The van der Waals surface area contributed by atoms with E-state index in [0.29, 0.717) is 42.1 Å². The Morgan fingerprint density at radius 1 is 1.06 bits per heavy atom. The highest BCUT2D eigenvalue weighted by Gasteiger charge is 2.24. The Balaban J connectivity index is 1.28. The largest absolute Gasteiger partial charge is 0.447 e. The number of nitrogens with zero attached hydrogens (tertiary/aromatic N) is 2. The van der Waals surface area contributed by atoms with Gasteiger partial charge < -0.3 is 10.1 Å². The van der Waals surface area contributed by atoms with Gasteiger partial charge >= 0.3 is 6.09 Å². The van der Waals surface area contributed by atoms with Crippen molar-refractivity contribution >= 4 is 28.6 Å². The average Bonchev–Trinajstić information content (AvgIpc) is 3.28. The maximum absolute atomic E-state index is 14.7. The van der Waals surface area contributed by atoms with Crippen molar-refractivity contribution < 1.29 is 18.7 Å². The predicted octanol–water partition coefficient (Wildman–Crippen LogP) is 4.93. The lowest BCUT2D eigenvalue weighted by Crippen LogP contribution is -2.23. The lowest BCUT2D eigenvalue weighted by Gasteiger charge is -2.14. The molecule has 3 aromatic carbocycles. The first kappa shape index (κ1) is 20.6. The standard InChI is InChI=1S/C26H20FN3O3/c27-23-15-19(30-13-14-33-26(30)32)9-10-20(23)18-7-5-17(6-8-18)16-29-25(31)22-11-12-28-24-4-2-1-3-21(22)24/h1-12,15H,13-14,16H2,(H,29,31). The molecular formula is C26H20FN3O3. The second kappa shape index (κ2) is 8.70. The fourth-order valence-electron chi connectivity index (χ4n) is 3.91. The molecule has 0 spiro atoms. The number of pyridine rings is 1. The Labute approximate surface area is 189 Å². The molecule has 1 aromatic heterocycles. The Morgan fingerprint density at radius 2 is 1.88 bits per heavy atom. The normalized spacial score (nSPS) is 13.2. The van der Waals surface area contributed by atoms with Crippen LogP contribution in [-0.2, 0) is 11.3 Å². The summed E-state index contributed by atoms with van der Waals surface area (Å²) in [5, 5.41) is 3.73. The second-order valence-electron chi connectivity index (χ2n) is 7.69. The van der Waals surface area contributed by atoms with Crippen LogP contribution in [0.3, 0.4) is 0 Å². The number of ether oxygens (including phenoxy) is 1. The maximum Gasteiger partial charge on any atom is 0.414 e. The molecular weight excluding hydrogens is 421 g/mol. The van der Waals surface area contributed by atoms with Gasteiger partial charge in [-0.25, -0.2) is 9.18 Å². The van der Waals surface area contributed by atoms with E-state index in [2.05, 4.69) is 10.3 Å². The highest BCUT2D eigenvalue weighted by atomic mass is 19.1. The highest BCUT2D eigenvalue weighted by molar-refractivity contribution is 6.05. The molecule has 1 N–H and O–H groups in total. The third-order valence-electron chi connectivity index (χ3n) is 5.64. The summed E-state index contributed by atoms with van der Waals surface area (Å²) in [4.78, 5) is 30.1. The number of anilines is 1. The van der Waals surface area contributed by atoms with Crippen LogP contribution in [0, 0.1) is 5.82 Å². The minimum atomic E-state index is -0.465. The molecule has 7 heteroatoms. The third kappa shape index (κ3) is 4.13. The van der Waals surface area contributed by atoms with Crippen LogP contribution in [0.25, 0.3) is 22.0 Å². The number of aromatic nitrogens is 1. The highest BCUT2D eigenvalue weighted by Crippen LogP contribution is 2.28. The van der Waals surface area contributed by atoms with Gasteiger partial charge in [0, 0.05) is 23.7 Å². The van der Waals surface area contributed by atoms with Gasteiger partial charge in [-0.15, -0.1) is 0 Å². The fourth-order valence-corrected chi connectivity index (χ4v) is 3.91. The molecule has 0 radical (unpaired) electrons. The quantitative estimate of drug-likeness (QED) is 0.477.